The van der Waals surface area contributed by atoms with E-state index < -0.39 is 29.2 Å². The number of hydrogen-bond acceptors (Lipinski definition) is 1. The van der Waals surface area contributed by atoms with Crippen molar-refractivity contribution in [3.05, 3.63) is 65.0 Å². The van der Waals surface area contributed by atoms with Crippen molar-refractivity contribution in [1.29, 1.82) is 0 Å². The van der Waals surface area contributed by atoms with Crippen molar-refractivity contribution in [1.82, 2.24) is 0 Å². The van der Waals surface area contributed by atoms with Crippen LogP contribution in [0, 0.1) is 17.5 Å². The molecule has 21 heavy (non-hydrogen) atoms. The van der Waals surface area contributed by atoms with Gasteiger partial charge in [0.25, 0.3) is 0 Å². The van der Waals surface area contributed by atoms with Crippen LogP contribution in [0.4, 0.5) is 32.0 Å². The van der Waals surface area contributed by atoms with E-state index in [1.54, 1.807) is 0 Å². The first-order valence-electron chi connectivity index (χ1n) is 5.82. The predicted octanol–water partition coefficient (Wildman–Crippen LogP) is 4.73. The molecule has 0 atom stereocenters. The van der Waals surface area contributed by atoms with Gasteiger partial charge in [-0.2, -0.15) is 13.2 Å². The molecule has 0 heterocycles. The third kappa shape index (κ3) is 3.68. The molecule has 1 nitrogen and oxygen atoms in total. The number of anilines is 1. The van der Waals surface area contributed by atoms with Crippen LogP contribution in [-0.4, -0.2) is 0 Å². The standard InChI is InChI=1S/C14H9F6N/c15-10-5-8(4-9(6-10)14(18,19)20)7-21-12-3-1-2-11(16)13(12)17/h1-6,21H,7H2. The molecule has 0 aliphatic carbocycles. The monoisotopic (exact) mass is 305 g/mol. The third-order valence-electron chi connectivity index (χ3n) is 2.72. The Morgan fingerprint density at radius 1 is 0.952 bits per heavy atom. The molecule has 0 aromatic heterocycles. The quantitative estimate of drug-likeness (QED) is 0.808. The van der Waals surface area contributed by atoms with Crippen LogP contribution in [0.2, 0.25) is 0 Å². The van der Waals surface area contributed by atoms with E-state index in [9.17, 15) is 26.3 Å². The Labute approximate surface area is 116 Å². The van der Waals surface area contributed by atoms with Crippen LogP contribution in [0.5, 0.6) is 0 Å². The fourth-order valence-corrected chi connectivity index (χ4v) is 1.75. The molecule has 1 N–H and O–H groups in total. The van der Waals surface area contributed by atoms with Crippen molar-refractivity contribution < 1.29 is 26.3 Å². The van der Waals surface area contributed by atoms with Crippen molar-refractivity contribution in [3.63, 3.8) is 0 Å². The Kier molecular flexibility index (Phi) is 4.11. The summed E-state index contributed by atoms with van der Waals surface area (Å²) in [6, 6.07) is 5.37. The maximum absolute atomic E-state index is 13.4. The van der Waals surface area contributed by atoms with Crippen molar-refractivity contribution in [2.45, 2.75) is 12.7 Å². The molecule has 0 saturated carbocycles. The molecule has 2 aromatic carbocycles. The molecule has 0 aliphatic rings. The van der Waals surface area contributed by atoms with Crippen LogP contribution in [0.25, 0.3) is 0 Å². The summed E-state index contributed by atoms with van der Waals surface area (Å²) < 4.78 is 77.1. The second kappa shape index (κ2) is 5.67. The SMILES string of the molecule is Fc1cc(CNc2cccc(F)c2F)cc(C(F)(F)F)c1. The van der Waals surface area contributed by atoms with Crippen LogP contribution in [0.1, 0.15) is 11.1 Å². The molecule has 0 fully saturated rings. The Hall–Kier alpha value is -2.18. The molecule has 0 saturated heterocycles. The smallest absolute Gasteiger partial charge is 0.379 e. The zero-order chi connectivity index (χ0) is 15.6. The minimum atomic E-state index is -4.68. The fraction of sp³-hybridized carbons (Fsp3) is 0.143. The van der Waals surface area contributed by atoms with E-state index in [0.717, 1.165) is 18.2 Å². The zero-order valence-corrected chi connectivity index (χ0v) is 10.4. The minimum Gasteiger partial charge on any atom is -0.379 e. The molecule has 0 spiro atoms. The number of benzene rings is 2. The van der Waals surface area contributed by atoms with Crippen LogP contribution in [-0.2, 0) is 12.7 Å². The van der Waals surface area contributed by atoms with E-state index >= 15 is 0 Å². The highest BCUT2D eigenvalue weighted by atomic mass is 19.4. The van der Waals surface area contributed by atoms with Gasteiger partial charge in [-0.1, -0.05) is 6.07 Å². The predicted molar refractivity (Wildman–Crippen MR) is 65.1 cm³/mol. The highest BCUT2D eigenvalue weighted by molar-refractivity contribution is 5.45. The molecular weight excluding hydrogens is 296 g/mol. The summed E-state index contributed by atoms with van der Waals surface area (Å²) >= 11 is 0. The topological polar surface area (TPSA) is 12.0 Å². The lowest BCUT2D eigenvalue weighted by Crippen LogP contribution is -2.08. The third-order valence-corrected chi connectivity index (χ3v) is 2.72. The van der Waals surface area contributed by atoms with Gasteiger partial charge in [0.15, 0.2) is 11.6 Å². The second-order valence-electron chi connectivity index (χ2n) is 4.30. The first-order valence-corrected chi connectivity index (χ1v) is 5.82. The molecule has 0 aliphatic heterocycles. The summed E-state index contributed by atoms with van der Waals surface area (Å²) in [5, 5.41) is 2.43. The molecule has 0 unspecified atom stereocenters. The average Bonchev–Trinajstić information content (AvgIpc) is 2.39. The van der Waals surface area contributed by atoms with Crippen LogP contribution in [0.3, 0.4) is 0 Å². The molecule has 7 heteroatoms. The number of nitrogens with one attached hydrogen (secondary N) is 1. The number of rotatable bonds is 3. The highest BCUT2D eigenvalue weighted by Gasteiger charge is 2.31. The summed E-state index contributed by atoms with van der Waals surface area (Å²) in [4.78, 5) is 0. The van der Waals surface area contributed by atoms with Crippen molar-refractivity contribution in [2.75, 3.05) is 5.32 Å². The van der Waals surface area contributed by atoms with Gasteiger partial charge in [-0.3, -0.25) is 0 Å². The number of alkyl halides is 3. The molecule has 112 valence electrons. The van der Waals surface area contributed by atoms with Gasteiger partial charge in [0, 0.05) is 6.54 Å². The summed E-state index contributed by atoms with van der Waals surface area (Å²) in [6.45, 7) is -0.277. The molecule has 0 radical (unpaired) electrons. The Balaban J connectivity index is 2.21. The first kappa shape index (κ1) is 15.2. The number of halogens is 6. The van der Waals surface area contributed by atoms with E-state index in [2.05, 4.69) is 5.32 Å². The van der Waals surface area contributed by atoms with Gasteiger partial charge in [-0.25, -0.2) is 13.2 Å². The van der Waals surface area contributed by atoms with Gasteiger partial charge in [0.05, 0.1) is 11.3 Å². The lowest BCUT2D eigenvalue weighted by molar-refractivity contribution is -0.137. The van der Waals surface area contributed by atoms with Crippen molar-refractivity contribution in [2.24, 2.45) is 0 Å². The van der Waals surface area contributed by atoms with E-state index in [1.807, 2.05) is 0 Å². The van der Waals surface area contributed by atoms with Crippen molar-refractivity contribution >= 4 is 5.69 Å². The van der Waals surface area contributed by atoms with Crippen LogP contribution < -0.4 is 5.32 Å². The summed E-state index contributed by atoms with van der Waals surface area (Å²) in [5.41, 5.74) is -1.39. The second-order valence-corrected chi connectivity index (χ2v) is 4.30. The molecule has 2 aromatic rings. The Morgan fingerprint density at radius 2 is 1.67 bits per heavy atom. The van der Waals surface area contributed by atoms with E-state index in [-0.39, 0.29) is 17.8 Å². The highest BCUT2D eigenvalue weighted by Crippen LogP contribution is 2.30. The maximum Gasteiger partial charge on any atom is 0.416 e. The van der Waals surface area contributed by atoms with Gasteiger partial charge in [0.2, 0.25) is 0 Å². The van der Waals surface area contributed by atoms with Crippen molar-refractivity contribution in [3.8, 4) is 0 Å². The van der Waals surface area contributed by atoms with E-state index in [0.29, 0.717) is 6.07 Å². The maximum atomic E-state index is 13.4. The van der Waals surface area contributed by atoms with Gasteiger partial charge in [-0.15, -0.1) is 0 Å². The Bertz CT molecular complexity index is 650. The van der Waals surface area contributed by atoms with E-state index in [4.69, 9.17) is 0 Å². The molecule has 2 rings (SSSR count). The normalized spacial score (nSPS) is 11.5. The lowest BCUT2D eigenvalue weighted by Gasteiger charge is -2.11. The zero-order valence-electron chi connectivity index (χ0n) is 10.4. The molecule has 0 bridgehead atoms. The molecule has 0 amide bonds. The van der Waals surface area contributed by atoms with Crippen LogP contribution in [0.15, 0.2) is 36.4 Å². The Morgan fingerprint density at radius 3 is 2.33 bits per heavy atom. The largest absolute Gasteiger partial charge is 0.416 e. The van der Waals surface area contributed by atoms with Gasteiger partial charge < -0.3 is 5.32 Å². The minimum absolute atomic E-state index is 0.0361. The van der Waals surface area contributed by atoms with Gasteiger partial charge in [0.1, 0.15) is 5.82 Å². The van der Waals surface area contributed by atoms with Crippen LogP contribution >= 0.6 is 0 Å². The summed E-state index contributed by atoms with van der Waals surface area (Å²) in [7, 11) is 0. The average molecular weight is 305 g/mol. The summed E-state index contributed by atoms with van der Waals surface area (Å²) in [5.74, 6) is -3.29. The lowest BCUT2D eigenvalue weighted by atomic mass is 10.1. The number of hydrogen-bond donors (Lipinski definition) is 1. The van der Waals surface area contributed by atoms with Gasteiger partial charge in [-0.05, 0) is 35.9 Å². The fourth-order valence-electron chi connectivity index (χ4n) is 1.75. The summed E-state index contributed by atoms with van der Waals surface area (Å²) in [6.07, 6.45) is -4.68. The molecular formula is C14H9F6N. The first-order chi connectivity index (χ1) is 9.77. The van der Waals surface area contributed by atoms with E-state index in [1.165, 1.54) is 12.1 Å². The van der Waals surface area contributed by atoms with Gasteiger partial charge >= 0.3 is 6.18 Å².